The topological polar surface area (TPSA) is 33.1 Å². The van der Waals surface area contributed by atoms with Crippen LogP contribution >= 0.6 is 34.8 Å². The van der Waals surface area contributed by atoms with Gasteiger partial charge in [0.25, 0.3) is 0 Å². The minimum absolute atomic E-state index is 0.00639. The summed E-state index contributed by atoms with van der Waals surface area (Å²) in [6.45, 7) is 0. The summed E-state index contributed by atoms with van der Waals surface area (Å²) in [5.74, 6) is 0.00639. The highest BCUT2D eigenvalue weighted by atomic mass is 35.5. The molecule has 0 aliphatic heterocycles. The third-order valence-electron chi connectivity index (χ3n) is 2.03. The van der Waals surface area contributed by atoms with E-state index < -0.39 is 0 Å². The molecule has 1 aromatic carbocycles. The Labute approximate surface area is 107 Å². The van der Waals surface area contributed by atoms with Gasteiger partial charge in [0, 0.05) is 11.6 Å². The molecule has 0 radical (unpaired) electrons. The summed E-state index contributed by atoms with van der Waals surface area (Å²) < 4.78 is 0. The Bertz CT molecular complexity index is 543. The third kappa shape index (κ3) is 2.09. The van der Waals surface area contributed by atoms with Gasteiger partial charge in [-0.3, -0.25) is 4.98 Å². The number of hydrogen-bond acceptors (Lipinski definition) is 2. The van der Waals surface area contributed by atoms with Crippen molar-refractivity contribution in [1.29, 1.82) is 0 Å². The van der Waals surface area contributed by atoms with Gasteiger partial charge in [0.05, 0.1) is 27.0 Å². The number of hydrogen-bond donors (Lipinski definition) is 1. The Morgan fingerprint density at radius 2 is 1.81 bits per heavy atom. The highest BCUT2D eigenvalue weighted by Crippen LogP contribution is 2.36. The van der Waals surface area contributed by atoms with E-state index in [4.69, 9.17) is 34.8 Å². The minimum Gasteiger partial charge on any atom is -0.506 e. The van der Waals surface area contributed by atoms with E-state index in [2.05, 4.69) is 4.98 Å². The summed E-state index contributed by atoms with van der Waals surface area (Å²) in [5.41, 5.74) is 1.13. The summed E-state index contributed by atoms with van der Waals surface area (Å²) in [4.78, 5) is 4.02. The highest BCUT2D eigenvalue weighted by Gasteiger charge is 2.11. The molecule has 5 heteroatoms. The molecule has 0 saturated carbocycles. The zero-order valence-corrected chi connectivity index (χ0v) is 10.2. The van der Waals surface area contributed by atoms with E-state index in [0.29, 0.717) is 26.3 Å². The lowest BCUT2D eigenvalue weighted by Crippen LogP contribution is -1.86. The normalized spacial score (nSPS) is 10.4. The molecule has 2 nitrogen and oxygen atoms in total. The molecule has 82 valence electrons. The Balaban J connectivity index is 2.63. The standard InChI is InChI=1S/C11H6Cl3NO/c12-8-3-1-2-7(10(8)14)11-9(13)4-6(16)5-15-11/h1-5,16H. The number of nitrogens with zero attached hydrogens (tertiary/aromatic N) is 1. The van der Waals surface area contributed by atoms with Crippen LogP contribution in [0.1, 0.15) is 0 Å². The molecule has 1 aromatic heterocycles. The smallest absolute Gasteiger partial charge is 0.135 e. The van der Waals surface area contributed by atoms with Crippen LogP contribution < -0.4 is 0 Å². The molecule has 0 aliphatic rings. The summed E-state index contributed by atoms with van der Waals surface area (Å²) in [6.07, 6.45) is 1.30. The van der Waals surface area contributed by atoms with Crippen LogP contribution in [0, 0.1) is 0 Å². The van der Waals surface area contributed by atoms with Crippen molar-refractivity contribution in [2.45, 2.75) is 0 Å². The first kappa shape index (κ1) is 11.5. The number of pyridine rings is 1. The van der Waals surface area contributed by atoms with Gasteiger partial charge in [-0.05, 0) is 6.07 Å². The molecule has 2 aromatic rings. The van der Waals surface area contributed by atoms with E-state index in [1.54, 1.807) is 18.2 Å². The Morgan fingerprint density at radius 1 is 1.06 bits per heavy atom. The predicted molar refractivity (Wildman–Crippen MR) is 66.4 cm³/mol. The second-order valence-electron chi connectivity index (χ2n) is 3.13. The van der Waals surface area contributed by atoms with Crippen LogP contribution in [0.4, 0.5) is 0 Å². The monoisotopic (exact) mass is 273 g/mol. The van der Waals surface area contributed by atoms with E-state index in [1.807, 2.05) is 0 Å². The highest BCUT2D eigenvalue weighted by molar-refractivity contribution is 6.44. The first-order valence-corrected chi connectivity index (χ1v) is 5.52. The second kappa shape index (κ2) is 4.50. The van der Waals surface area contributed by atoms with E-state index in [1.165, 1.54) is 12.3 Å². The molecule has 0 amide bonds. The Kier molecular flexibility index (Phi) is 3.24. The van der Waals surface area contributed by atoms with E-state index in [0.717, 1.165) is 0 Å². The minimum atomic E-state index is 0.00639. The van der Waals surface area contributed by atoms with Gasteiger partial charge < -0.3 is 5.11 Å². The molecule has 0 aliphatic carbocycles. The number of halogens is 3. The van der Waals surface area contributed by atoms with Gasteiger partial charge in [0.1, 0.15) is 5.75 Å². The van der Waals surface area contributed by atoms with Crippen LogP contribution in [0.3, 0.4) is 0 Å². The molecular weight excluding hydrogens is 268 g/mol. The molecule has 1 heterocycles. The number of rotatable bonds is 1. The SMILES string of the molecule is Oc1cnc(-c2cccc(Cl)c2Cl)c(Cl)c1. The Morgan fingerprint density at radius 3 is 2.50 bits per heavy atom. The van der Waals surface area contributed by atoms with Gasteiger partial charge in [-0.1, -0.05) is 46.9 Å². The van der Waals surface area contributed by atoms with Gasteiger partial charge in [-0.2, -0.15) is 0 Å². The summed E-state index contributed by atoms with van der Waals surface area (Å²) in [6, 6.07) is 6.61. The third-order valence-corrected chi connectivity index (χ3v) is 3.14. The predicted octanol–water partition coefficient (Wildman–Crippen LogP) is 4.41. The molecule has 0 bridgehead atoms. The lowest BCUT2D eigenvalue weighted by atomic mass is 10.1. The molecular formula is C11H6Cl3NO. The Hall–Kier alpha value is -0.960. The van der Waals surface area contributed by atoms with Gasteiger partial charge in [0.2, 0.25) is 0 Å². The quantitative estimate of drug-likeness (QED) is 0.835. The summed E-state index contributed by atoms with van der Waals surface area (Å²) in [5, 5.41) is 10.4. The maximum atomic E-state index is 9.20. The zero-order valence-electron chi connectivity index (χ0n) is 7.92. The average molecular weight is 275 g/mol. The molecule has 16 heavy (non-hydrogen) atoms. The maximum Gasteiger partial charge on any atom is 0.135 e. The second-order valence-corrected chi connectivity index (χ2v) is 4.32. The lowest BCUT2D eigenvalue weighted by molar-refractivity contribution is 0.473. The van der Waals surface area contributed by atoms with Crippen molar-refractivity contribution in [2.75, 3.05) is 0 Å². The lowest BCUT2D eigenvalue weighted by Gasteiger charge is -2.07. The van der Waals surface area contributed by atoms with Crippen molar-refractivity contribution in [3.05, 3.63) is 45.5 Å². The van der Waals surface area contributed by atoms with E-state index >= 15 is 0 Å². The number of aromatic nitrogens is 1. The summed E-state index contributed by atoms with van der Waals surface area (Å²) >= 11 is 17.9. The molecule has 0 saturated heterocycles. The average Bonchev–Trinajstić information content (AvgIpc) is 2.23. The van der Waals surface area contributed by atoms with E-state index in [9.17, 15) is 5.11 Å². The van der Waals surface area contributed by atoms with Gasteiger partial charge in [-0.15, -0.1) is 0 Å². The fourth-order valence-electron chi connectivity index (χ4n) is 1.31. The fraction of sp³-hybridized carbons (Fsp3) is 0. The van der Waals surface area contributed by atoms with Crippen molar-refractivity contribution >= 4 is 34.8 Å². The van der Waals surface area contributed by atoms with Crippen molar-refractivity contribution < 1.29 is 5.11 Å². The molecule has 0 atom stereocenters. The zero-order chi connectivity index (χ0) is 11.7. The molecule has 0 spiro atoms. The van der Waals surface area contributed by atoms with Gasteiger partial charge in [-0.25, -0.2) is 0 Å². The number of benzene rings is 1. The van der Waals surface area contributed by atoms with Crippen LogP contribution in [-0.4, -0.2) is 10.1 Å². The fourth-order valence-corrected chi connectivity index (χ4v) is 1.97. The van der Waals surface area contributed by atoms with Crippen molar-refractivity contribution in [2.24, 2.45) is 0 Å². The van der Waals surface area contributed by atoms with Crippen LogP contribution in [-0.2, 0) is 0 Å². The van der Waals surface area contributed by atoms with Crippen molar-refractivity contribution in [3.8, 4) is 17.0 Å². The van der Waals surface area contributed by atoms with Crippen molar-refractivity contribution in [3.63, 3.8) is 0 Å². The van der Waals surface area contributed by atoms with Crippen LogP contribution in [0.15, 0.2) is 30.5 Å². The largest absolute Gasteiger partial charge is 0.506 e. The molecule has 2 rings (SSSR count). The summed E-state index contributed by atoms with van der Waals surface area (Å²) in [7, 11) is 0. The first-order chi connectivity index (χ1) is 7.59. The van der Waals surface area contributed by atoms with Gasteiger partial charge >= 0.3 is 0 Å². The van der Waals surface area contributed by atoms with Crippen LogP contribution in [0.2, 0.25) is 15.1 Å². The van der Waals surface area contributed by atoms with Crippen molar-refractivity contribution in [1.82, 2.24) is 4.98 Å². The molecule has 0 unspecified atom stereocenters. The molecule has 0 fully saturated rings. The van der Waals surface area contributed by atoms with Crippen LogP contribution in [0.5, 0.6) is 5.75 Å². The van der Waals surface area contributed by atoms with Crippen LogP contribution in [0.25, 0.3) is 11.3 Å². The number of aromatic hydroxyl groups is 1. The van der Waals surface area contributed by atoms with E-state index in [-0.39, 0.29) is 5.75 Å². The maximum absolute atomic E-state index is 9.20. The van der Waals surface area contributed by atoms with Gasteiger partial charge in [0.15, 0.2) is 0 Å². The first-order valence-electron chi connectivity index (χ1n) is 4.38. The molecule has 1 N–H and O–H groups in total.